The van der Waals surface area contributed by atoms with E-state index in [2.05, 4.69) is 20.3 Å². The molecule has 32 heavy (non-hydrogen) atoms. The van der Waals surface area contributed by atoms with E-state index >= 15 is 0 Å². The second-order valence-corrected chi connectivity index (χ2v) is 9.98. The number of hydrogen-bond donors (Lipinski definition) is 1. The summed E-state index contributed by atoms with van der Waals surface area (Å²) in [6, 6.07) is 14.9. The summed E-state index contributed by atoms with van der Waals surface area (Å²) >= 11 is 1.56. The zero-order chi connectivity index (χ0) is 21.9. The molecule has 6 rings (SSSR count). The molecule has 3 aromatic carbocycles. The molecule has 0 atom stereocenters. The lowest BCUT2D eigenvalue weighted by Gasteiger charge is -2.11. The summed E-state index contributed by atoms with van der Waals surface area (Å²) in [6.45, 7) is 0. The van der Waals surface area contributed by atoms with Gasteiger partial charge in [0.25, 0.3) is 0 Å². The molecule has 0 amide bonds. The molecular formula is C23H13FN4O2S2. The zero-order valence-electron chi connectivity index (χ0n) is 16.3. The van der Waals surface area contributed by atoms with Gasteiger partial charge in [0.2, 0.25) is 9.84 Å². The lowest BCUT2D eigenvalue weighted by Crippen LogP contribution is -1.99. The monoisotopic (exact) mass is 460 g/mol. The molecule has 0 aliphatic carbocycles. The standard InChI is InChI=1S/C23H13FN4O2S2/c24-14-3-1-13(2-4-14)18-10-32(29,30)22-9-17-19(8-16(18)22)25-11-26-23(17)28-15-5-6-21-20(7-15)27-12-31-21/h1-12H,(H,25,26,28). The van der Waals surface area contributed by atoms with E-state index in [4.69, 9.17) is 0 Å². The fourth-order valence-electron chi connectivity index (χ4n) is 3.84. The number of thiazole rings is 1. The van der Waals surface area contributed by atoms with Crippen molar-refractivity contribution in [3.8, 4) is 0 Å². The Hall–Kier alpha value is -3.69. The maximum Gasteiger partial charge on any atom is 0.201 e. The summed E-state index contributed by atoms with van der Waals surface area (Å²) in [5.41, 5.74) is 5.72. The fraction of sp³-hybridized carbons (Fsp3) is 0. The van der Waals surface area contributed by atoms with E-state index in [-0.39, 0.29) is 10.7 Å². The van der Waals surface area contributed by atoms with Gasteiger partial charge in [0.1, 0.15) is 18.0 Å². The van der Waals surface area contributed by atoms with Crippen LogP contribution in [0.1, 0.15) is 11.1 Å². The third-order valence-electron chi connectivity index (χ3n) is 5.35. The average Bonchev–Trinajstić information content (AvgIpc) is 3.35. The van der Waals surface area contributed by atoms with Crippen LogP contribution in [0.2, 0.25) is 0 Å². The lowest BCUT2D eigenvalue weighted by molar-refractivity contribution is 0.605. The van der Waals surface area contributed by atoms with Gasteiger partial charge >= 0.3 is 0 Å². The highest BCUT2D eigenvalue weighted by molar-refractivity contribution is 7.95. The van der Waals surface area contributed by atoms with Crippen LogP contribution >= 0.6 is 11.3 Å². The molecule has 0 radical (unpaired) electrons. The van der Waals surface area contributed by atoms with E-state index in [0.717, 1.165) is 15.9 Å². The minimum absolute atomic E-state index is 0.178. The molecule has 6 nitrogen and oxygen atoms in total. The van der Waals surface area contributed by atoms with Crippen LogP contribution in [0.5, 0.6) is 0 Å². The number of fused-ring (bicyclic) bond motifs is 3. The Kier molecular flexibility index (Phi) is 4.11. The molecule has 0 spiro atoms. The fourth-order valence-corrected chi connectivity index (χ4v) is 5.95. The van der Waals surface area contributed by atoms with Gasteiger partial charge in [-0.1, -0.05) is 12.1 Å². The molecule has 5 aromatic rings. The van der Waals surface area contributed by atoms with E-state index in [1.165, 1.54) is 23.9 Å². The van der Waals surface area contributed by atoms with Gasteiger partial charge in [0.15, 0.2) is 0 Å². The van der Waals surface area contributed by atoms with Gasteiger partial charge in [-0.2, -0.15) is 0 Å². The smallest absolute Gasteiger partial charge is 0.201 e. The first-order valence-electron chi connectivity index (χ1n) is 9.60. The van der Waals surface area contributed by atoms with Crippen molar-refractivity contribution in [3.63, 3.8) is 0 Å². The minimum atomic E-state index is -3.66. The number of hydrogen-bond acceptors (Lipinski definition) is 7. The van der Waals surface area contributed by atoms with E-state index < -0.39 is 9.84 Å². The van der Waals surface area contributed by atoms with Crippen LogP contribution in [0.15, 0.2) is 76.7 Å². The zero-order valence-corrected chi connectivity index (χ0v) is 17.9. The van der Waals surface area contributed by atoms with Gasteiger partial charge in [0.05, 0.1) is 26.1 Å². The quantitative estimate of drug-likeness (QED) is 0.393. The van der Waals surface area contributed by atoms with Crippen molar-refractivity contribution in [3.05, 3.63) is 88.8 Å². The van der Waals surface area contributed by atoms with Gasteiger partial charge in [-0.3, -0.25) is 0 Å². The number of nitrogens with one attached hydrogen (secondary N) is 1. The van der Waals surface area contributed by atoms with Crippen molar-refractivity contribution in [2.24, 2.45) is 0 Å². The van der Waals surface area contributed by atoms with Crippen molar-refractivity contribution < 1.29 is 12.8 Å². The molecule has 0 saturated carbocycles. The molecule has 1 aliphatic heterocycles. The van der Waals surface area contributed by atoms with Crippen molar-refractivity contribution in [1.29, 1.82) is 0 Å². The summed E-state index contributed by atoms with van der Waals surface area (Å²) in [5.74, 6) is 0.117. The van der Waals surface area contributed by atoms with E-state index in [0.29, 0.717) is 33.4 Å². The molecule has 3 heterocycles. The minimum Gasteiger partial charge on any atom is -0.340 e. The number of halogens is 1. The molecule has 1 N–H and O–H groups in total. The van der Waals surface area contributed by atoms with Gasteiger partial charge in [-0.25, -0.2) is 27.8 Å². The topological polar surface area (TPSA) is 84.8 Å². The molecule has 0 fully saturated rings. The Morgan fingerprint density at radius 3 is 2.59 bits per heavy atom. The highest BCUT2D eigenvalue weighted by Crippen LogP contribution is 2.40. The summed E-state index contributed by atoms with van der Waals surface area (Å²) in [4.78, 5) is 13.2. The first-order valence-corrected chi connectivity index (χ1v) is 12.0. The molecule has 0 bridgehead atoms. The SMILES string of the molecule is O=S1(=O)C=C(c2ccc(F)cc2)c2cc3ncnc(Nc4ccc5scnc5c4)c3cc21. The Labute approximate surface area is 186 Å². The first kappa shape index (κ1) is 19.0. The van der Waals surface area contributed by atoms with Gasteiger partial charge < -0.3 is 5.32 Å². The van der Waals surface area contributed by atoms with Gasteiger partial charge in [0, 0.05) is 27.6 Å². The predicted molar refractivity (Wildman–Crippen MR) is 123 cm³/mol. The van der Waals surface area contributed by atoms with Crippen LogP contribution < -0.4 is 5.32 Å². The number of anilines is 2. The molecule has 9 heteroatoms. The van der Waals surface area contributed by atoms with Gasteiger partial charge in [-0.15, -0.1) is 11.3 Å². The van der Waals surface area contributed by atoms with E-state index in [1.807, 2.05) is 18.2 Å². The molecular weight excluding hydrogens is 447 g/mol. The number of aromatic nitrogens is 3. The molecule has 0 unspecified atom stereocenters. The molecule has 1 aliphatic rings. The third-order valence-corrected chi connectivity index (χ3v) is 7.66. The molecule has 0 saturated heterocycles. The maximum absolute atomic E-state index is 13.4. The number of sulfone groups is 1. The van der Waals surface area contributed by atoms with Crippen LogP contribution in [0.3, 0.4) is 0 Å². The Morgan fingerprint density at radius 2 is 1.75 bits per heavy atom. The highest BCUT2D eigenvalue weighted by Gasteiger charge is 2.29. The maximum atomic E-state index is 13.4. The number of nitrogens with zero attached hydrogens (tertiary/aromatic N) is 3. The average molecular weight is 461 g/mol. The summed E-state index contributed by atoms with van der Waals surface area (Å²) in [7, 11) is -3.66. The summed E-state index contributed by atoms with van der Waals surface area (Å²) in [6.07, 6.45) is 1.43. The van der Waals surface area contributed by atoms with Crippen LogP contribution in [0, 0.1) is 5.82 Å². The molecule has 2 aromatic heterocycles. The van der Waals surface area contributed by atoms with Crippen LogP contribution in [0.4, 0.5) is 15.9 Å². The Morgan fingerprint density at radius 1 is 0.906 bits per heavy atom. The third kappa shape index (κ3) is 3.05. The number of rotatable bonds is 3. The van der Waals surface area contributed by atoms with E-state index in [1.54, 1.807) is 41.1 Å². The van der Waals surface area contributed by atoms with E-state index in [9.17, 15) is 12.8 Å². The van der Waals surface area contributed by atoms with Crippen molar-refractivity contribution in [1.82, 2.24) is 15.0 Å². The van der Waals surface area contributed by atoms with Crippen molar-refractivity contribution in [2.75, 3.05) is 5.32 Å². The normalized spacial score (nSPS) is 14.5. The molecule has 156 valence electrons. The van der Waals surface area contributed by atoms with Crippen LogP contribution in [-0.2, 0) is 9.84 Å². The van der Waals surface area contributed by atoms with Crippen LogP contribution in [-0.4, -0.2) is 23.4 Å². The largest absolute Gasteiger partial charge is 0.340 e. The van der Waals surface area contributed by atoms with Gasteiger partial charge in [-0.05, 0) is 48.0 Å². The second-order valence-electron chi connectivity index (χ2n) is 7.33. The number of benzene rings is 3. The first-order chi connectivity index (χ1) is 15.5. The van der Waals surface area contributed by atoms with Crippen molar-refractivity contribution in [2.45, 2.75) is 4.90 Å². The highest BCUT2D eigenvalue weighted by atomic mass is 32.2. The Balaban J connectivity index is 1.48. The lowest BCUT2D eigenvalue weighted by atomic mass is 9.98. The van der Waals surface area contributed by atoms with Crippen LogP contribution in [0.25, 0.3) is 26.7 Å². The van der Waals surface area contributed by atoms with Crippen molar-refractivity contribution >= 4 is 59.4 Å². The Bertz CT molecular complexity index is 1680. The summed E-state index contributed by atoms with van der Waals surface area (Å²) < 4.78 is 40.3. The predicted octanol–water partition coefficient (Wildman–Crippen LogP) is 5.30. The second kappa shape index (κ2) is 6.91. The summed E-state index contributed by atoms with van der Waals surface area (Å²) in [5, 5.41) is 5.06.